The summed E-state index contributed by atoms with van der Waals surface area (Å²) >= 11 is 3.43. The van der Waals surface area contributed by atoms with E-state index in [-0.39, 0.29) is 5.91 Å². The van der Waals surface area contributed by atoms with Gasteiger partial charge in [0.15, 0.2) is 0 Å². The third kappa shape index (κ3) is 2.23. The molecule has 0 unspecified atom stereocenters. The van der Waals surface area contributed by atoms with Crippen LogP contribution in [0.25, 0.3) is 11.6 Å². The minimum atomic E-state index is -0.0935. The van der Waals surface area contributed by atoms with Gasteiger partial charge in [-0.25, -0.2) is 0 Å². The molecule has 0 aliphatic carbocycles. The Hall–Kier alpha value is -2.07. The average molecular weight is 330 g/mol. The van der Waals surface area contributed by atoms with Crippen molar-refractivity contribution in [2.75, 3.05) is 12.4 Å². The Morgan fingerprint density at radius 2 is 2.00 bits per heavy atom. The summed E-state index contributed by atoms with van der Waals surface area (Å²) in [5.41, 5.74) is 3.26. The third-order valence-corrected chi connectivity index (χ3v) is 3.70. The molecule has 1 N–H and O–H groups in total. The van der Waals surface area contributed by atoms with E-state index < -0.39 is 0 Å². The first-order valence-corrected chi connectivity index (χ1v) is 6.94. The third-order valence-electron chi connectivity index (χ3n) is 3.20. The second-order valence-electron chi connectivity index (χ2n) is 4.44. The summed E-state index contributed by atoms with van der Waals surface area (Å²) < 4.78 is 6.26. The quantitative estimate of drug-likeness (QED) is 0.847. The lowest BCUT2D eigenvalue weighted by Crippen LogP contribution is -2.03. The van der Waals surface area contributed by atoms with Crippen molar-refractivity contribution in [3.05, 3.63) is 58.1 Å². The van der Waals surface area contributed by atoms with E-state index in [1.807, 2.05) is 48.5 Å². The molecule has 100 valence electrons. The van der Waals surface area contributed by atoms with Gasteiger partial charge in [-0.1, -0.05) is 34.1 Å². The number of benzene rings is 2. The summed E-state index contributed by atoms with van der Waals surface area (Å²) in [6.45, 7) is 0. The SMILES string of the molecule is COc1ccccc1/C=C1\C(=O)Nc2ccc(Br)cc21. The first kappa shape index (κ1) is 12.9. The lowest BCUT2D eigenvalue weighted by molar-refractivity contribution is -0.110. The van der Waals surface area contributed by atoms with Gasteiger partial charge in [0.2, 0.25) is 0 Å². The average Bonchev–Trinajstić information content (AvgIpc) is 2.76. The number of para-hydroxylation sites is 1. The van der Waals surface area contributed by atoms with Crippen molar-refractivity contribution in [2.45, 2.75) is 0 Å². The predicted molar refractivity (Wildman–Crippen MR) is 83.6 cm³/mol. The van der Waals surface area contributed by atoms with E-state index in [1.165, 1.54) is 0 Å². The Morgan fingerprint density at radius 3 is 2.80 bits per heavy atom. The molecule has 0 spiro atoms. The number of carbonyl (C=O) groups excluding carboxylic acids is 1. The summed E-state index contributed by atoms with van der Waals surface area (Å²) in [4.78, 5) is 12.1. The molecule has 1 aliphatic heterocycles. The molecule has 4 heteroatoms. The van der Waals surface area contributed by atoms with Crippen LogP contribution in [-0.4, -0.2) is 13.0 Å². The molecule has 0 saturated heterocycles. The zero-order chi connectivity index (χ0) is 14.1. The molecule has 1 amide bonds. The molecule has 3 nitrogen and oxygen atoms in total. The lowest BCUT2D eigenvalue weighted by atomic mass is 10.0. The van der Waals surface area contributed by atoms with E-state index in [9.17, 15) is 4.79 Å². The van der Waals surface area contributed by atoms with Gasteiger partial charge in [-0.05, 0) is 30.3 Å². The molecular formula is C16H12BrNO2. The normalized spacial score (nSPS) is 15.1. The summed E-state index contributed by atoms with van der Waals surface area (Å²) in [5, 5.41) is 2.86. The minimum Gasteiger partial charge on any atom is -0.496 e. The van der Waals surface area contributed by atoms with Crippen LogP contribution in [-0.2, 0) is 4.79 Å². The Bertz CT molecular complexity index is 722. The number of hydrogen-bond acceptors (Lipinski definition) is 2. The molecule has 20 heavy (non-hydrogen) atoms. The highest BCUT2D eigenvalue weighted by Crippen LogP contribution is 2.36. The van der Waals surface area contributed by atoms with Crippen molar-refractivity contribution in [3.8, 4) is 5.75 Å². The Kier molecular flexibility index (Phi) is 3.32. The number of hydrogen-bond donors (Lipinski definition) is 1. The Balaban J connectivity index is 2.13. The van der Waals surface area contributed by atoms with Gasteiger partial charge in [-0.2, -0.15) is 0 Å². The molecule has 3 rings (SSSR count). The van der Waals surface area contributed by atoms with Gasteiger partial charge in [-0.3, -0.25) is 4.79 Å². The Labute approximate surface area is 125 Å². The van der Waals surface area contributed by atoms with Gasteiger partial charge >= 0.3 is 0 Å². The fourth-order valence-corrected chi connectivity index (χ4v) is 2.61. The summed E-state index contributed by atoms with van der Waals surface area (Å²) in [6, 6.07) is 13.4. The zero-order valence-corrected chi connectivity index (χ0v) is 12.4. The highest BCUT2D eigenvalue weighted by atomic mass is 79.9. The van der Waals surface area contributed by atoms with Crippen molar-refractivity contribution >= 4 is 39.2 Å². The highest BCUT2D eigenvalue weighted by Gasteiger charge is 2.24. The van der Waals surface area contributed by atoms with Crippen LogP contribution in [0.2, 0.25) is 0 Å². The van der Waals surface area contributed by atoms with Crippen LogP contribution in [0.1, 0.15) is 11.1 Å². The van der Waals surface area contributed by atoms with Crippen molar-refractivity contribution < 1.29 is 9.53 Å². The molecule has 1 heterocycles. The van der Waals surface area contributed by atoms with Gasteiger partial charge in [-0.15, -0.1) is 0 Å². The van der Waals surface area contributed by atoms with E-state index in [0.29, 0.717) is 5.57 Å². The molecule has 0 radical (unpaired) electrons. The van der Waals surface area contributed by atoms with Crippen molar-refractivity contribution in [1.82, 2.24) is 0 Å². The molecule has 0 atom stereocenters. The fourth-order valence-electron chi connectivity index (χ4n) is 2.24. The number of methoxy groups -OCH3 is 1. The number of carbonyl (C=O) groups is 1. The van der Waals surface area contributed by atoms with E-state index in [0.717, 1.165) is 27.0 Å². The second kappa shape index (κ2) is 5.13. The maximum absolute atomic E-state index is 12.1. The van der Waals surface area contributed by atoms with Gasteiger partial charge < -0.3 is 10.1 Å². The minimum absolute atomic E-state index is 0.0935. The molecule has 2 aromatic rings. The van der Waals surface area contributed by atoms with Crippen LogP contribution in [0, 0.1) is 0 Å². The standard InChI is InChI=1S/C16H12BrNO2/c1-20-15-5-3-2-4-10(15)8-13-12-9-11(17)6-7-14(12)18-16(13)19/h2-9H,1H3,(H,18,19)/b13-8-. The van der Waals surface area contributed by atoms with Crippen LogP contribution in [0.15, 0.2) is 46.9 Å². The maximum Gasteiger partial charge on any atom is 0.256 e. The number of halogens is 1. The van der Waals surface area contributed by atoms with Crippen LogP contribution in [0.3, 0.4) is 0 Å². The predicted octanol–water partition coefficient (Wildman–Crippen LogP) is 3.95. The number of ether oxygens (including phenoxy) is 1. The maximum atomic E-state index is 12.1. The van der Waals surface area contributed by atoms with Crippen molar-refractivity contribution in [1.29, 1.82) is 0 Å². The molecular weight excluding hydrogens is 318 g/mol. The van der Waals surface area contributed by atoms with Crippen molar-refractivity contribution in [3.63, 3.8) is 0 Å². The van der Waals surface area contributed by atoms with Gasteiger partial charge in [0, 0.05) is 26.9 Å². The van der Waals surface area contributed by atoms with Crippen molar-refractivity contribution in [2.24, 2.45) is 0 Å². The summed E-state index contributed by atoms with van der Waals surface area (Å²) in [6.07, 6.45) is 1.85. The molecule has 0 bridgehead atoms. The topological polar surface area (TPSA) is 38.3 Å². The van der Waals surface area contributed by atoms with Crippen LogP contribution in [0.4, 0.5) is 5.69 Å². The van der Waals surface area contributed by atoms with Crippen LogP contribution >= 0.6 is 15.9 Å². The van der Waals surface area contributed by atoms with Gasteiger partial charge in [0.1, 0.15) is 5.75 Å². The Morgan fingerprint density at radius 1 is 1.20 bits per heavy atom. The molecule has 0 aromatic heterocycles. The summed E-state index contributed by atoms with van der Waals surface area (Å²) in [7, 11) is 1.62. The number of nitrogens with one attached hydrogen (secondary N) is 1. The first-order chi connectivity index (χ1) is 9.69. The van der Waals surface area contributed by atoms with E-state index in [1.54, 1.807) is 7.11 Å². The second-order valence-corrected chi connectivity index (χ2v) is 5.36. The number of rotatable bonds is 2. The van der Waals surface area contributed by atoms with E-state index >= 15 is 0 Å². The molecule has 0 fully saturated rings. The largest absolute Gasteiger partial charge is 0.496 e. The molecule has 1 aliphatic rings. The monoisotopic (exact) mass is 329 g/mol. The summed E-state index contributed by atoms with van der Waals surface area (Å²) in [5.74, 6) is 0.653. The fraction of sp³-hybridized carbons (Fsp3) is 0.0625. The molecule has 0 saturated carbocycles. The van der Waals surface area contributed by atoms with Crippen LogP contribution < -0.4 is 10.1 Å². The number of anilines is 1. The van der Waals surface area contributed by atoms with Crippen LogP contribution in [0.5, 0.6) is 5.75 Å². The first-order valence-electron chi connectivity index (χ1n) is 6.15. The van der Waals surface area contributed by atoms with E-state index in [2.05, 4.69) is 21.2 Å². The molecule has 2 aromatic carbocycles. The zero-order valence-electron chi connectivity index (χ0n) is 10.8. The number of fused-ring (bicyclic) bond motifs is 1. The highest BCUT2D eigenvalue weighted by molar-refractivity contribution is 9.10. The van der Waals surface area contributed by atoms with E-state index in [4.69, 9.17) is 4.74 Å². The smallest absolute Gasteiger partial charge is 0.256 e. The van der Waals surface area contributed by atoms with Gasteiger partial charge in [0.25, 0.3) is 5.91 Å². The number of amides is 1. The lowest BCUT2D eigenvalue weighted by Gasteiger charge is -2.05. The van der Waals surface area contributed by atoms with Gasteiger partial charge in [0.05, 0.1) is 7.11 Å².